The Morgan fingerprint density at radius 2 is 0.848 bits per heavy atom. The lowest BCUT2D eigenvalue weighted by atomic mass is 10.3. The lowest BCUT2D eigenvalue weighted by molar-refractivity contribution is 0.0909. The second-order valence-electron chi connectivity index (χ2n) is 9.85. The van der Waals surface area contributed by atoms with Crippen LogP contribution in [0.4, 0.5) is 11.6 Å². The minimum Gasteiger partial charge on any atom is -0.456 e. The fourth-order valence-corrected chi connectivity index (χ4v) is 4.49. The maximum atomic E-state index is 12.9. The Bertz CT molecular complexity index is 2030. The minimum absolute atomic E-state index is 0.122. The Labute approximate surface area is 258 Å². The summed E-state index contributed by atoms with van der Waals surface area (Å²) in [5.74, 6) is -1.29. The SMILES string of the molecule is O=C1NCOc2ccc3ccc(nc3n2)NC(=O)c2ccc([nH]2)C(=O)Nc2ccc3ccc(nc3n2)OCNC(=O)c2ccc1[nH]2. The van der Waals surface area contributed by atoms with Crippen LogP contribution in [-0.2, 0) is 0 Å². The molecule has 6 aromatic heterocycles. The smallest absolute Gasteiger partial charge is 0.273 e. The van der Waals surface area contributed by atoms with Crippen molar-refractivity contribution in [1.29, 1.82) is 0 Å². The first-order valence-electron chi connectivity index (χ1n) is 13.8. The molecule has 46 heavy (non-hydrogen) atoms. The van der Waals surface area contributed by atoms with Crippen LogP contribution in [-0.4, -0.2) is 67.0 Å². The molecule has 0 saturated heterocycles. The topological polar surface area (TPSA) is 218 Å². The van der Waals surface area contributed by atoms with E-state index >= 15 is 0 Å². The second-order valence-corrected chi connectivity index (χ2v) is 9.85. The third kappa shape index (κ3) is 5.85. The van der Waals surface area contributed by atoms with Crippen molar-refractivity contribution in [2.45, 2.75) is 0 Å². The van der Waals surface area contributed by atoms with E-state index in [4.69, 9.17) is 9.47 Å². The van der Waals surface area contributed by atoms with Crippen LogP contribution in [0, 0.1) is 0 Å². The first-order chi connectivity index (χ1) is 22.4. The van der Waals surface area contributed by atoms with Crippen LogP contribution in [0.25, 0.3) is 22.1 Å². The van der Waals surface area contributed by atoms with Gasteiger partial charge in [0, 0.05) is 22.9 Å². The molecule has 1 aliphatic rings. The average molecular weight is 619 g/mol. The zero-order chi connectivity index (χ0) is 31.6. The summed E-state index contributed by atoms with van der Waals surface area (Å²) in [6, 6.07) is 19.2. The summed E-state index contributed by atoms with van der Waals surface area (Å²) in [6.07, 6.45) is 0. The zero-order valence-corrected chi connectivity index (χ0v) is 23.6. The van der Waals surface area contributed by atoms with Gasteiger partial charge >= 0.3 is 0 Å². The molecule has 10 bridgehead atoms. The van der Waals surface area contributed by atoms with Gasteiger partial charge in [-0.05, 0) is 60.7 Å². The van der Waals surface area contributed by atoms with Crippen molar-refractivity contribution in [1.82, 2.24) is 40.5 Å². The van der Waals surface area contributed by atoms with Crippen LogP contribution in [0.3, 0.4) is 0 Å². The van der Waals surface area contributed by atoms with Gasteiger partial charge in [-0.1, -0.05) is 0 Å². The van der Waals surface area contributed by atoms with Gasteiger partial charge in [0.1, 0.15) is 34.4 Å². The quantitative estimate of drug-likeness (QED) is 0.146. The van der Waals surface area contributed by atoms with Crippen molar-refractivity contribution in [2.75, 3.05) is 24.1 Å². The number of hydrogen-bond acceptors (Lipinski definition) is 10. The van der Waals surface area contributed by atoms with Crippen molar-refractivity contribution in [2.24, 2.45) is 0 Å². The lowest BCUT2D eigenvalue weighted by Gasteiger charge is -2.09. The predicted octanol–water partition coefficient (Wildman–Crippen LogP) is 2.58. The molecule has 0 fully saturated rings. The number of H-pyrrole nitrogens is 2. The molecule has 7 rings (SSSR count). The maximum absolute atomic E-state index is 12.9. The number of nitrogens with zero attached hydrogens (tertiary/aromatic N) is 4. The highest BCUT2D eigenvalue weighted by Gasteiger charge is 2.16. The van der Waals surface area contributed by atoms with E-state index in [2.05, 4.69) is 51.2 Å². The van der Waals surface area contributed by atoms with Gasteiger partial charge in [0.05, 0.1) is 0 Å². The van der Waals surface area contributed by atoms with E-state index < -0.39 is 23.6 Å². The van der Waals surface area contributed by atoms with Gasteiger partial charge in [-0.15, -0.1) is 0 Å². The summed E-state index contributed by atoms with van der Waals surface area (Å²) in [5, 5.41) is 11.9. The van der Waals surface area contributed by atoms with Gasteiger partial charge in [0.15, 0.2) is 24.8 Å². The fraction of sp³-hybridized carbons (Fsp3) is 0.0667. The molecule has 1 aliphatic heterocycles. The normalized spacial score (nSPS) is 14.3. The number of fused-ring (bicyclic) bond motifs is 8. The summed E-state index contributed by atoms with van der Waals surface area (Å²) in [4.78, 5) is 74.1. The maximum Gasteiger partial charge on any atom is 0.273 e. The predicted molar refractivity (Wildman–Crippen MR) is 162 cm³/mol. The molecule has 16 heteroatoms. The van der Waals surface area contributed by atoms with Gasteiger partial charge < -0.3 is 40.7 Å². The molecular formula is C30H22N10O6. The van der Waals surface area contributed by atoms with Crippen LogP contribution in [0.2, 0.25) is 0 Å². The Morgan fingerprint density at radius 1 is 0.457 bits per heavy atom. The lowest BCUT2D eigenvalue weighted by Crippen LogP contribution is -2.29. The zero-order valence-electron chi connectivity index (χ0n) is 23.6. The number of aromatic nitrogens is 6. The summed E-state index contributed by atoms with van der Waals surface area (Å²) < 4.78 is 11.1. The number of aromatic amines is 2. The Balaban J connectivity index is 1.16. The van der Waals surface area contributed by atoms with E-state index in [0.717, 1.165) is 0 Å². The number of pyridine rings is 4. The highest BCUT2D eigenvalue weighted by Crippen LogP contribution is 2.20. The van der Waals surface area contributed by atoms with Gasteiger partial charge in [0.25, 0.3) is 23.6 Å². The van der Waals surface area contributed by atoms with Crippen LogP contribution in [0.1, 0.15) is 42.0 Å². The number of anilines is 2. The van der Waals surface area contributed by atoms with E-state index in [1.165, 1.54) is 24.3 Å². The Hall–Kier alpha value is -6.84. The molecule has 0 aromatic carbocycles. The van der Waals surface area contributed by atoms with Crippen LogP contribution < -0.4 is 30.7 Å². The van der Waals surface area contributed by atoms with Crippen LogP contribution in [0.15, 0.2) is 72.8 Å². The molecule has 0 radical (unpaired) electrons. The highest BCUT2D eigenvalue weighted by atomic mass is 16.5. The third-order valence-electron chi connectivity index (χ3n) is 6.79. The molecule has 4 amide bonds. The monoisotopic (exact) mass is 618 g/mol. The van der Waals surface area contributed by atoms with Crippen molar-refractivity contribution >= 4 is 57.3 Å². The number of amides is 4. The summed E-state index contributed by atoms with van der Waals surface area (Å²) in [6.45, 7) is -0.444. The molecular weight excluding hydrogens is 596 g/mol. The fourth-order valence-electron chi connectivity index (χ4n) is 4.49. The molecule has 7 heterocycles. The standard InChI is InChI=1S/C30H22N10O6/c41-27-17-5-6-18(33-17)28(42)32-14-46-24-12-4-16-2-10-22(36-26(16)40-24)38-30(44)20-8-7-19(34-20)29(43)37-21-9-1-15-3-11-23(45-13-31-27)39-25(15)35-21/h1-12,33-34H,13-14H2,(H,31,41)(H,32,42)(H,35,37,39,43)(H,36,38,40,44). The molecule has 6 aromatic rings. The summed E-state index contributed by atoms with van der Waals surface area (Å²) in [7, 11) is 0. The van der Waals surface area contributed by atoms with Crippen molar-refractivity contribution in [3.63, 3.8) is 0 Å². The average Bonchev–Trinajstić information content (AvgIpc) is 3.76. The van der Waals surface area contributed by atoms with Crippen molar-refractivity contribution in [3.8, 4) is 11.8 Å². The molecule has 0 unspecified atom stereocenters. The first-order valence-corrected chi connectivity index (χ1v) is 13.8. The number of nitrogens with one attached hydrogen (secondary N) is 6. The van der Waals surface area contributed by atoms with Gasteiger partial charge in [-0.3, -0.25) is 19.2 Å². The van der Waals surface area contributed by atoms with E-state index in [1.54, 1.807) is 48.5 Å². The third-order valence-corrected chi connectivity index (χ3v) is 6.79. The van der Waals surface area contributed by atoms with Gasteiger partial charge in [-0.25, -0.2) is 9.97 Å². The van der Waals surface area contributed by atoms with Crippen molar-refractivity contribution < 1.29 is 28.7 Å². The summed E-state index contributed by atoms with van der Waals surface area (Å²) >= 11 is 0. The molecule has 228 valence electrons. The molecule has 16 nitrogen and oxygen atoms in total. The Kier molecular flexibility index (Phi) is 7.10. The van der Waals surface area contributed by atoms with E-state index in [0.29, 0.717) is 10.8 Å². The number of ether oxygens (including phenoxy) is 2. The highest BCUT2D eigenvalue weighted by molar-refractivity contribution is 6.07. The number of rotatable bonds is 0. The Morgan fingerprint density at radius 3 is 1.28 bits per heavy atom. The van der Waals surface area contributed by atoms with Gasteiger partial charge in [0.2, 0.25) is 11.8 Å². The van der Waals surface area contributed by atoms with E-state index in [1.807, 2.05) is 0 Å². The van der Waals surface area contributed by atoms with Crippen molar-refractivity contribution in [3.05, 3.63) is 95.6 Å². The van der Waals surface area contributed by atoms with Crippen LogP contribution in [0.5, 0.6) is 11.8 Å². The number of hydrogen-bond donors (Lipinski definition) is 6. The number of carbonyl (C=O) groups is 4. The second kappa shape index (κ2) is 11.7. The molecule has 0 atom stereocenters. The number of carbonyl (C=O) groups excluding carboxylic acids is 4. The van der Waals surface area contributed by atoms with E-state index in [-0.39, 0.29) is 70.9 Å². The molecule has 0 saturated carbocycles. The summed E-state index contributed by atoms with van der Waals surface area (Å²) in [5.41, 5.74) is 1.09. The minimum atomic E-state index is -0.529. The largest absolute Gasteiger partial charge is 0.456 e. The molecule has 6 N–H and O–H groups in total. The first kappa shape index (κ1) is 28.0. The molecule has 0 spiro atoms. The van der Waals surface area contributed by atoms with E-state index in [9.17, 15) is 19.2 Å². The van der Waals surface area contributed by atoms with Crippen LogP contribution >= 0.6 is 0 Å². The van der Waals surface area contributed by atoms with Gasteiger partial charge in [-0.2, -0.15) is 9.97 Å². The molecule has 0 aliphatic carbocycles.